The van der Waals surface area contributed by atoms with E-state index in [-0.39, 0.29) is 17.7 Å². The van der Waals surface area contributed by atoms with E-state index in [2.05, 4.69) is 5.10 Å². The molecule has 0 radical (unpaired) electrons. The predicted octanol–water partition coefficient (Wildman–Crippen LogP) is 4.42. The van der Waals surface area contributed by atoms with Crippen molar-refractivity contribution >= 4 is 34.4 Å². The lowest BCUT2D eigenvalue weighted by Gasteiger charge is -2.22. The maximum Gasteiger partial charge on any atom is 0.245 e. The largest absolute Gasteiger partial charge is 0.497 e. The first-order valence-electron chi connectivity index (χ1n) is 9.84. The molecule has 1 saturated carbocycles. The van der Waals surface area contributed by atoms with E-state index in [9.17, 15) is 9.59 Å². The zero-order valence-corrected chi connectivity index (χ0v) is 17.7. The molecule has 1 amide bonds. The van der Waals surface area contributed by atoms with Gasteiger partial charge in [-0.15, -0.1) is 0 Å². The molecule has 2 aliphatic rings. The smallest absolute Gasteiger partial charge is 0.245 e. The molecule has 1 fully saturated rings. The van der Waals surface area contributed by atoms with Gasteiger partial charge in [0.2, 0.25) is 11.8 Å². The van der Waals surface area contributed by atoms with Crippen LogP contribution in [0.1, 0.15) is 68.1 Å². The van der Waals surface area contributed by atoms with Crippen molar-refractivity contribution in [2.75, 3.05) is 12.1 Å². The van der Waals surface area contributed by atoms with Gasteiger partial charge in [-0.3, -0.25) is 14.2 Å². The van der Waals surface area contributed by atoms with Gasteiger partial charge in [0, 0.05) is 25.3 Å². The third-order valence-electron chi connectivity index (χ3n) is 5.33. The minimum Gasteiger partial charge on any atom is -0.497 e. The predicted molar refractivity (Wildman–Crippen MR) is 113 cm³/mol. The highest BCUT2D eigenvalue weighted by Crippen LogP contribution is 2.42. The first-order chi connectivity index (χ1) is 14.0. The van der Waals surface area contributed by atoms with Gasteiger partial charge in [-0.05, 0) is 36.7 Å². The second kappa shape index (κ2) is 8.02. The van der Waals surface area contributed by atoms with Crippen molar-refractivity contribution in [3.63, 3.8) is 0 Å². The molecule has 0 atom stereocenters. The monoisotopic (exact) mass is 412 g/mol. The van der Waals surface area contributed by atoms with Gasteiger partial charge in [0.25, 0.3) is 0 Å². The fourth-order valence-corrected chi connectivity index (χ4v) is 5.01. The number of ether oxygens (including phenoxy) is 1. The molecule has 0 spiro atoms. The van der Waals surface area contributed by atoms with E-state index in [0.29, 0.717) is 21.6 Å². The molecule has 8 heteroatoms. The minimum absolute atomic E-state index is 0.0952. The van der Waals surface area contributed by atoms with Gasteiger partial charge < -0.3 is 4.74 Å². The highest BCUT2D eigenvalue weighted by molar-refractivity contribution is 8.14. The van der Waals surface area contributed by atoms with E-state index in [1.165, 1.54) is 30.1 Å². The minimum atomic E-state index is -0.240. The number of nitrogens with zero attached hydrogens (tertiary/aromatic N) is 4. The number of hydrogen-bond donors (Lipinski definition) is 0. The molecule has 0 N–H and O–H groups in total. The van der Waals surface area contributed by atoms with Crippen LogP contribution in [0, 0.1) is 0 Å². The fourth-order valence-electron chi connectivity index (χ4n) is 3.92. The number of imidazole rings is 1. The lowest BCUT2D eigenvalue weighted by molar-refractivity contribution is -0.116. The van der Waals surface area contributed by atoms with E-state index < -0.39 is 0 Å². The number of hydrazone groups is 1. The molecule has 1 aliphatic carbocycles. The number of amides is 1. The van der Waals surface area contributed by atoms with Crippen LogP contribution in [-0.2, 0) is 4.79 Å². The van der Waals surface area contributed by atoms with Crippen molar-refractivity contribution in [1.82, 2.24) is 9.55 Å². The number of anilines is 1. The number of benzene rings is 1. The third kappa shape index (κ3) is 3.69. The Kier molecular flexibility index (Phi) is 5.45. The SMILES string of the molecule is COc1cccc(C2=NN(C(C)=O)c3nc(C4CCCCC4)n(C(C)=O)c3S2)c1. The Morgan fingerprint density at radius 2 is 1.90 bits per heavy atom. The summed E-state index contributed by atoms with van der Waals surface area (Å²) in [6.45, 7) is 3.00. The molecule has 1 aromatic carbocycles. The highest BCUT2D eigenvalue weighted by Gasteiger charge is 2.34. The number of thioether (sulfide) groups is 1. The Morgan fingerprint density at radius 1 is 1.14 bits per heavy atom. The van der Waals surface area contributed by atoms with Crippen molar-refractivity contribution in [3.05, 3.63) is 35.7 Å². The van der Waals surface area contributed by atoms with Crippen molar-refractivity contribution in [1.29, 1.82) is 0 Å². The Labute approximate surface area is 174 Å². The van der Waals surface area contributed by atoms with Crippen LogP contribution in [0.2, 0.25) is 0 Å². The molecule has 0 unspecified atom stereocenters. The lowest BCUT2D eigenvalue weighted by atomic mass is 9.88. The molecule has 2 aromatic rings. The number of fused-ring (bicyclic) bond motifs is 1. The lowest BCUT2D eigenvalue weighted by Crippen LogP contribution is -2.28. The van der Waals surface area contributed by atoms with Crippen LogP contribution in [0.25, 0.3) is 0 Å². The van der Waals surface area contributed by atoms with Crippen LogP contribution in [0.5, 0.6) is 5.75 Å². The number of hydrogen-bond acceptors (Lipinski definition) is 6. The zero-order chi connectivity index (χ0) is 20.5. The summed E-state index contributed by atoms with van der Waals surface area (Å²) in [5.41, 5.74) is 0.821. The van der Waals surface area contributed by atoms with Crippen molar-refractivity contribution in [2.24, 2.45) is 5.10 Å². The molecule has 1 aromatic heterocycles. The van der Waals surface area contributed by atoms with Crippen LogP contribution in [0.3, 0.4) is 0 Å². The van der Waals surface area contributed by atoms with Gasteiger partial charge in [0.1, 0.15) is 21.6 Å². The standard InChI is InChI=1S/C21H24N4O3S/c1-13(26)24-18(15-8-5-4-6-9-15)22-19-21(24)29-20(23-25(19)14(2)27)16-10-7-11-17(12-16)28-3/h7,10-12,15H,4-6,8-9H2,1-3H3. The van der Waals surface area contributed by atoms with Crippen LogP contribution >= 0.6 is 11.8 Å². The average molecular weight is 413 g/mol. The molecule has 0 bridgehead atoms. The molecule has 7 nitrogen and oxygen atoms in total. The summed E-state index contributed by atoms with van der Waals surface area (Å²) in [6.07, 6.45) is 5.51. The van der Waals surface area contributed by atoms with E-state index in [4.69, 9.17) is 9.72 Å². The molecule has 0 saturated heterocycles. The molecular weight excluding hydrogens is 388 g/mol. The second-order valence-corrected chi connectivity index (χ2v) is 8.34. The summed E-state index contributed by atoms with van der Waals surface area (Å²) in [7, 11) is 1.61. The Hall–Kier alpha value is -2.61. The summed E-state index contributed by atoms with van der Waals surface area (Å²) < 4.78 is 7.00. The number of methoxy groups -OCH3 is 1. The molecule has 2 heterocycles. The second-order valence-electron chi connectivity index (χ2n) is 7.36. The summed E-state index contributed by atoms with van der Waals surface area (Å²) in [6, 6.07) is 7.51. The van der Waals surface area contributed by atoms with Crippen molar-refractivity contribution < 1.29 is 14.3 Å². The molecule has 1 aliphatic heterocycles. The summed E-state index contributed by atoms with van der Waals surface area (Å²) >= 11 is 1.37. The molecule has 152 valence electrons. The van der Waals surface area contributed by atoms with Gasteiger partial charge in [-0.2, -0.15) is 10.1 Å². The zero-order valence-electron chi connectivity index (χ0n) is 16.8. The maximum atomic E-state index is 12.6. The number of carbonyl (C=O) groups is 2. The van der Waals surface area contributed by atoms with Gasteiger partial charge >= 0.3 is 0 Å². The Morgan fingerprint density at radius 3 is 2.55 bits per heavy atom. The van der Waals surface area contributed by atoms with Gasteiger partial charge in [0.05, 0.1) is 7.11 Å². The van der Waals surface area contributed by atoms with Crippen LogP contribution in [-0.4, -0.2) is 33.5 Å². The van der Waals surface area contributed by atoms with E-state index in [1.54, 1.807) is 18.6 Å². The van der Waals surface area contributed by atoms with E-state index in [1.807, 2.05) is 24.3 Å². The first kappa shape index (κ1) is 19.7. The first-order valence-corrected chi connectivity index (χ1v) is 10.7. The Balaban J connectivity index is 1.82. The Bertz CT molecular complexity index is 992. The van der Waals surface area contributed by atoms with Crippen LogP contribution in [0.15, 0.2) is 34.4 Å². The summed E-state index contributed by atoms with van der Waals surface area (Å²) in [5.74, 6) is 1.80. The molecule has 29 heavy (non-hydrogen) atoms. The molecular formula is C21H24N4O3S. The third-order valence-corrected chi connectivity index (χ3v) is 6.40. The highest BCUT2D eigenvalue weighted by atomic mass is 32.2. The van der Waals surface area contributed by atoms with Gasteiger partial charge in [0.15, 0.2) is 5.82 Å². The number of rotatable bonds is 3. The fraction of sp³-hybridized carbons (Fsp3) is 0.429. The molecule has 4 rings (SSSR count). The summed E-state index contributed by atoms with van der Waals surface area (Å²) in [5, 5.41) is 7.14. The van der Waals surface area contributed by atoms with E-state index >= 15 is 0 Å². The average Bonchev–Trinajstić information content (AvgIpc) is 3.13. The van der Waals surface area contributed by atoms with Gasteiger partial charge in [-0.25, -0.2) is 4.98 Å². The quantitative estimate of drug-likeness (QED) is 0.746. The van der Waals surface area contributed by atoms with E-state index in [0.717, 1.165) is 37.1 Å². The normalized spacial score (nSPS) is 16.9. The number of aromatic nitrogens is 2. The summed E-state index contributed by atoms with van der Waals surface area (Å²) in [4.78, 5) is 29.7. The topological polar surface area (TPSA) is 76.8 Å². The van der Waals surface area contributed by atoms with Crippen molar-refractivity contribution in [2.45, 2.75) is 56.9 Å². The maximum absolute atomic E-state index is 12.6. The van der Waals surface area contributed by atoms with Crippen LogP contribution in [0.4, 0.5) is 5.82 Å². The van der Waals surface area contributed by atoms with Gasteiger partial charge in [-0.1, -0.05) is 31.4 Å². The van der Waals surface area contributed by atoms with Crippen LogP contribution < -0.4 is 9.75 Å². The number of carbonyl (C=O) groups excluding carboxylic acids is 2. The van der Waals surface area contributed by atoms with Crippen molar-refractivity contribution in [3.8, 4) is 5.75 Å².